The predicted octanol–water partition coefficient (Wildman–Crippen LogP) is 6.13. The van der Waals surface area contributed by atoms with Crippen LogP contribution in [0.2, 0.25) is 10.0 Å². The highest BCUT2D eigenvalue weighted by molar-refractivity contribution is 9.10. The van der Waals surface area contributed by atoms with Gasteiger partial charge in [-0.2, -0.15) is 5.10 Å². The maximum Gasteiger partial charge on any atom is 0.329 e. The number of carbonyl (C=O) groups is 2. The number of hydrogen-bond donors (Lipinski definition) is 2. The third-order valence-corrected chi connectivity index (χ3v) is 5.94. The molecular formula is C25H22BrCl2N3O4. The van der Waals surface area contributed by atoms with Crippen molar-refractivity contribution >= 4 is 62.8 Å². The van der Waals surface area contributed by atoms with Crippen molar-refractivity contribution in [1.29, 1.82) is 0 Å². The molecule has 3 rings (SSSR count). The van der Waals surface area contributed by atoms with Crippen molar-refractivity contribution in [1.82, 2.24) is 5.43 Å². The molecule has 3 aromatic carbocycles. The van der Waals surface area contributed by atoms with Crippen molar-refractivity contribution in [3.8, 4) is 11.5 Å². The fourth-order valence-electron chi connectivity index (χ4n) is 2.99. The van der Waals surface area contributed by atoms with Gasteiger partial charge in [-0.15, -0.1) is 0 Å². The van der Waals surface area contributed by atoms with E-state index in [1.54, 1.807) is 43.3 Å². The number of amides is 2. The summed E-state index contributed by atoms with van der Waals surface area (Å²) in [4.78, 5) is 24.3. The Balaban J connectivity index is 1.66. The lowest BCUT2D eigenvalue weighted by atomic mass is 10.2. The molecule has 0 bridgehead atoms. The van der Waals surface area contributed by atoms with E-state index in [0.29, 0.717) is 56.0 Å². The molecule has 182 valence electrons. The van der Waals surface area contributed by atoms with Gasteiger partial charge in [0.05, 0.1) is 17.3 Å². The van der Waals surface area contributed by atoms with E-state index in [4.69, 9.17) is 32.7 Å². The number of carbonyl (C=O) groups excluding carboxylic acids is 2. The van der Waals surface area contributed by atoms with Crippen LogP contribution in [0.1, 0.15) is 23.6 Å². The molecule has 0 saturated carbocycles. The lowest BCUT2D eigenvalue weighted by molar-refractivity contribution is -0.136. The second-order valence-corrected chi connectivity index (χ2v) is 8.95. The molecule has 2 amide bonds. The van der Waals surface area contributed by atoms with Crippen molar-refractivity contribution in [3.63, 3.8) is 0 Å². The molecule has 35 heavy (non-hydrogen) atoms. The van der Waals surface area contributed by atoms with Gasteiger partial charge in [-0.25, -0.2) is 5.43 Å². The van der Waals surface area contributed by atoms with Gasteiger partial charge < -0.3 is 14.8 Å². The van der Waals surface area contributed by atoms with Crippen molar-refractivity contribution < 1.29 is 19.1 Å². The minimum absolute atomic E-state index is 0.296. The summed E-state index contributed by atoms with van der Waals surface area (Å²) < 4.78 is 12.3. The molecule has 0 radical (unpaired) electrons. The third-order valence-electron chi connectivity index (χ3n) is 4.71. The maximum atomic E-state index is 12.2. The molecule has 0 aliphatic heterocycles. The lowest BCUT2D eigenvalue weighted by Crippen LogP contribution is -2.32. The molecule has 0 aliphatic rings. The van der Waals surface area contributed by atoms with Crippen LogP contribution in [-0.4, -0.2) is 24.6 Å². The summed E-state index contributed by atoms with van der Waals surface area (Å²) >= 11 is 15.6. The summed E-state index contributed by atoms with van der Waals surface area (Å²) in [5, 5.41) is 7.50. The predicted molar refractivity (Wildman–Crippen MR) is 142 cm³/mol. The quantitative estimate of drug-likeness (QED) is 0.191. The van der Waals surface area contributed by atoms with Crippen molar-refractivity contribution in [2.24, 2.45) is 5.10 Å². The fourth-order valence-corrected chi connectivity index (χ4v) is 3.95. The number of benzene rings is 3. The third kappa shape index (κ3) is 7.45. The maximum absolute atomic E-state index is 12.2. The first-order valence-electron chi connectivity index (χ1n) is 10.5. The average Bonchev–Trinajstić information content (AvgIpc) is 2.81. The number of nitrogens with one attached hydrogen (secondary N) is 2. The highest BCUT2D eigenvalue weighted by atomic mass is 79.9. The topological polar surface area (TPSA) is 89.0 Å². The number of anilines is 1. The van der Waals surface area contributed by atoms with Crippen LogP contribution in [0, 0.1) is 6.92 Å². The second kappa shape index (κ2) is 12.6. The smallest absolute Gasteiger partial charge is 0.329 e. The summed E-state index contributed by atoms with van der Waals surface area (Å²) in [5.74, 6) is -0.783. The number of rotatable bonds is 8. The molecule has 0 unspecified atom stereocenters. The van der Waals surface area contributed by atoms with Gasteiger partial charge in [-0.3, -0.25) is 9.59 Å². The molecule has 0 saturated heterocycles. The van der Waals surface area contributed by atoms with Gasteiger partial charge >= 0.3 is 11.8 Å². The van der Waals surface area contributed by atoms with Gasteiger partial charge in [0.25, 0.3) is 0 Å². The summed E-state index contributed by atoms with van der Waals surface area (Å²) in [6, 6.07) is 15.9. The molecule has 0 spiro atoms. The van der Waals surface area contributed by atoms with Gasteiger partial charge in [0, 0.05) is 15.7 Å². The molecule has 10 heteroatoms. The van der Waals surface area contributed by atoms with E-state index < -0.39 is 11.8 Å². The monoisotopic (exact) mass is 577 g/mol. The first kappa shape index (κ1) is 26.5. The average molecular weight is 579 g/mol. The van der Waals surface area contributed by atoms with Crippen LogP contribution < -0.4 is 20.2 Å². The minimum atomic E-state index is -0.925. The first-order chi connectivity index (χ1) is 16.8. The van der Waals surface area contributed by atoms with Gasteiger partial charge in [-0.1, -0.05) is 41.4 Å². The van der Waals surface area contributed by atoms with Crippen molar-refractivity contribution in [3.05, 3.63) is 85.8 Å². The number of hydrazone groups is 1. The second-order valence-electron chi connectivity index (χ2n) is 7.25. The molecule has 0 aromatic heterocycles. The SMILES string of the molecule is CCOc1cc(/C=N/NC(=O)C(=O)Nc2cccc(Cl)c2C)cc(Br)c1OCc1cccc(Cl)c1. The Labute approximate surface area is 221 Å². The van der Waals surface area contributed by atoms with Crippen molar-refractivity contribution in [2.75, 3.05) is 11.9 Å². The molecule has 0 fully saturated rings. The van der Waals surface area contributed by atoms with E-state index in [-0.39, 0.29) is 0 Å². The van der Waals surface area contributed by atoms with E-state index >= 15 is 0 Å². The number of ether oxygens (including phenoxy) is 2. The Bertz CT molecular complexity index is 1270. The molecule has 3 aromatic rings. The normalized spacial score (nSPS) is 10.8. The summed E-state index contributed by atoms with van der Waals surface area (Å²) in [7, 11) is 0. The van der Waals surface area contributed by atoms with Crippen LogP contribution >= 0.6 is 39.1 Å². The Morgan fingerprint density at radius 2 is 1.83 bits per heavy atom. The summed E-state index contributed by atoms with van der Waals surface area (Å²) in [6.07, 6.45) is 1.39. The van der Waals surface area contributed by atoms with Crippen LogP contribution in [0.15, 0.2) is 64.2 Å². The Hall–Kier alpha value is -3.07. The van der Waals surface area contributed by atoms with Crippen LogP contribution in [0.5, 0.6) is 11.5 Å². The summed E-state index contributed by atoms with van der Waals surface area (Å²) in [6.45, 7) is 4.31. The molecule has 0 atom stereocenters. The Morgan fingerprint density at radius 1 is 1.06 bits per heavy atom. The highest BCUT2D eigenvalue weighted by Crippen LogP contribution is 2.37. The van der Waals surface area contributed by atoms with E-state index in [1.807, 2.05) is 25.1 Å². The van der Waals surface area contributed by atoms with Gasteiger partial charge in [-0.05, 0) is 82.9 Å². The zero-order chi connectivity index (χ0) is 25.4. The Kier molecular flexibility index (Phi) is 9.54. The standard InChI is InChI=1S/C25H22BrCl2N3O4/c1-3-34-22-12-17(11-19(26)23(22)35-14-16-6-4-7-18(27)10-16)13-29-31-25(33)24(32)30-21-9-5-8-20(28)15(21)2/h4-13H,3,14H2,1-2H3,(H,30,32)(H,31,33)/b29-13+. The molecule has 2 N–H and O–H groups in total. The van der Waals surface area contributed by atoms with Gasteiger partial charge in [0.15, 0.2) is 11.5 Å². The van der Waals surface area contributed by atoms with E-state index in [1.165, 1.54) is 6.21 Å². The largest absolute Gasteiger partial charge is 0.490 e. The van der Waals surface area contributed by atoms with Gasteiger partial charge in [0.2, 0.25) is 0 Å². The van der Waals surface area contributed by atoms with Crippen LogP contribution in [0.25, 0.3) is 0 Å². The molecule has 0 heterocycles. The summed E-state index contributed by atoms with van der Waals surface area (Å²) in [5.41, 5.74) is 4.83. The molecule has 7 nitrogen and oxygen atoms in total. The zero-order valence-corrected chi connectivity index (χ0v) is 22.0. The molecular weight excluding hydrogens is 557 g/mol. The van der Waals surface area contributed by atoms with E-state index in [0.717, 1.165) is 5.56 Å². The first-order valence-corrected chi connectivity index (χ1v) is 12.1. The zero-order valence-electron chi connectivity index (χ0n) is 18.9. The van der Waals surface area contributed by atoms with Crippen molar-refractivity contribution in [2.45, 2.75) is 20.5 Å². The fraction of sp³-hybridized carbons (Fsp3) is 0.160. The Morgan fingerprint density at radius 3 is 2.57 bits per heavy atom. The van der Waals surface area contributed by atoms with E-state index in [2.05, 4.69) is 31.8 Å². The minimum Gasteiger partial charge on any atom is -0.490 e. The number of nitrogens with zero attached hydrogens (tertiary/aromatic N) is 1. The number of hydrogen-bond acceptors (Lipinski definition) is 5. The van der Waals surface area contributed by atoms with Gasteiger partial charge in [0.1, 0.15) is 6.61 Å². The van der Waals surface area contributed by atoms with Crippen LogP contribution in [0.4, 0.5) is 5.69 Å². The molecule has 0 aliphatic carbocycles. The van der Waals surface area contributed by atoms with E-state index in [9.17, 15) is 9.59 Å². The number of halogens is 3. The lowest BCUT2D eigenvalue weighted by Gasteiger charge is -2.15. The highest BCUT2D eigenvalue weighted by Gasteiger charge is 2.15. The van der Waals surface area contributed by atoms with Crippen LogP contribution in [-0.2, 0) is 16.2 Å². The van der Waals surface area contributed by atoms with Crippen LogP contribution in [0.3, 0.4) is 0 Å².